The molecule has 2 rings (SSSR count). The lowest BCUT2D eigenvalue weighted by Crippen LogP contribution is -2.44. The van der Waals surface area contributed by atoms with E-state index >= 15 is 0 Å². The normalized spacial score (nSPS) is 18.2. The second kappa shape index (κ2) is 10.9. The summed E-state index contributed by atoms with van der Waals surface area (Å²) >= 11 is 0. The van der Waals surface area contributed by atoms with Crippen LogP contribution in [0.4, 0.5) is 0 Å². The number of nitrogens with one attached hydrogen (secondary N) is 2. The molecule has 6 heteroatoms. The van der Waals surface area contributed by atoms with Crippen LogP contribution in [0, 0.1) is 5.92 Å². The first-order valence-electron chi connectivity index (χ1n) is 10.1. The van der Waals surface area contributed by atoms with Crippen molar-refractivity contribution >= 4 is 11.9 Å². The molecular weight excluding hydrogens is 338 g/mol. The molecule has 150 valence electrons. The molecule has 1 aliphatic rings. The summed E-state index contributed by atoms with van der Waals surface area (Å²) in [6, 6.07) is 7.69. The van der Waals surface area contributed by atoms with Gasteiger partial charge in [0.25, 0.3) is 5.91 Å². The average Bonchev–Trinajstić information content (AvgIpc) is 2.70. The van der Waals surface area contributed by atoms with E-state index in [9.17, 15) is 4.79 Å². The quantitative estimate of drug-likeness (QED) is 0.568. The van der Waals surface area contributed by atoms with Gasteiger partial charge in [-0.3, -0.25) is 4.79 Å². The Labute approximate surface area is 164 Å². The lowest BCUT2D eigenvalue weighted by molar-refractivity contribution is 0.0827. The van der Waals surface area contributed by atoms with Crippen molar-refractivity contribution in [1.82, 2.24) is 20.4 Å². The third-order valence-electron chi connectivity index (χ3n) is 4.98. The average molecular weight is 374 g/mol. The Bertz CT molecular complexity index is 612. The lowest BCUT2D eigenvalue weighted by Gasteiger charge is -2.32. The number of rotatable bonds is 7. The van der Waals surface area contributed by atoms with Crippen LogP contribution in [0.15, 0.2) is 29.3 Å². The summed E-state index contributed by atoms with van der Waals surface area (Å²) in [5.74, 6) is 1.56. The molecule has 1 saturated heterocycles. The van der Waals surface area contributed by atoms with Gasteiger partial charge in [0.2, 0.25) is 0 Å². The van der Waals surface area contributed by atoms with E-state index < -0.39 is 0 Å². The van der Waals surface area contributed by atoms with E-state index in [0.717, 1.165) is 31.2 Å². The number of amides is 1. The predicted octanol–water partition coefficient (Wildman–Crippen LogP) is 2.18. The molecule has 1 fully saturated rings. The van der Waals surface area contributed by atoms with Crippen molar-refractivity contribution in [2.24, 2.45) is 10.9 Å². The third-order valence-corrected chi connectivity index (χ3v) is 4.98. The standard InChI is InChI=1S/C21H35N5O/c1-5-22-21(24-15-18-8-7-13-26(6-2)16-18)23-14-17-9-11-19(12-10-17)20(27)25(3)4/h9-12,18H,5-8,13-16H2,1-4H3,(H2,22,23,24). The molecule has 27 heavy (non-hydrogen) atoms. The minimum absolute atomic E-state index is 0.0219. The van der Waals surface area contributed by atoms with Gasteiger partial charge in [-0.2, -0.15) is 0 Å². The number of carbonyl (C=O) groups is 1. The van der Waals surface area contributed by atoms with Crippen molar-refractivity contribution in [1.29, 1.82) is 0 Å². The molecule has 1 aliphatic heterocycles. The number of aliphatic imine (C=N–C) groups is 1. The molecule has 1 atom stereocenters. The summed E-state index contributed by atoms with van der Waals surface area (Å²) in [7, 11) is 3.53. The Balaban J connectivity index is 1.89. The first-order chi connectivity index (χ1) is 13.0. The fourth-order valence-corrected chi connectivity index (χ4v) is 3.37. The van der Waals surface area contributed by atoms with Crippen LogP contribution in [0.25, 0.3) is 0 Å². The molecule has 0 bridgehead atoms. The van der Waals surface area contributed by atoms with E-state index in [-0.39, 0.29) is 5.91 Å². The number of benzene rings is 1. The number of carbonyl (C=O) groups excluding carboxylic acids is 1. The molecule has 6 nitrogen and oxygen atoms in total. The van der Waals surface area contributed by atoms with Gasteiger partial charge in [0, 0.05) is 39.3 Å². The maximum atomic E-state index is 12.0. The number of nitrogens with zero attached hydrogens (tertiary/aromatic N) is 3. The fourth-order valence-electron chi connectivity index (χ4n) is 3.37. The highest BCUT2D eigenvalue weighted by Crippen LogP contribution is 2.15. The highest BCUT2D eigenvalue weighted by molar-refractivity contribution is 5.93. The van der Waals surface area contributed by atoms with Crippen LogP contribution in [0.2, 0.25) is 0 Å². The van der Waals surface area contributed by atoms with Crippen molar-refractivity contribution in [2.75, 3.05) is 46.8 Å². The van der Waals surface area contributed by atoms with E-state index in [1.807, 2.05) is 24.3 Å². The zero-order valence-electron chi connectivity index (χ0n) is 17.3. The number of guanidine groups is 1. The Kier molecular flexibility index (Phi) is 8.58. The van der Waals surface area contributed by atoms with Gasteiger partial charge in [0.15, 0.2) is 5.96 Å². The van der Waals surface area contributed by atoms with Crippen LogP contribution in [0.1, 0.15) is 42.6 Å². The van der Waals surface area contributed by atoms with Crippen LogP contribution in [0.5, 0.6) is 0 Å². The second-order valence-electron chi connectivity index (χ2n) is 7.37. The van der Waals surface area contributed by atoms with Crippen LogP contribution in [-0.2, 0) is 6.54 Å². The topological polar surface area (TPSA) is 60.0 Å². The molecule has 1 amide bonds. The summed E-state index contributed by atoms with van der Waals surface area (Å²) in [6.07, 6.45) is 2.57. The lowest BCUT2D eigenvalue weighted by atomic mass is 9.98. The largest absolute Gasteiger partial charge is 0.357 e. The molecule has 1 heterocycles. The van der Waals surface area contributed by atoms with E-state index in [0.29, 0.717) is 18.0 Å². The maximum absolute atomic E-state index is 12.0. The minimum Gasteiger partial charge on any atom is -0.357 e. The monoisotopic (exact) mass is 373 g/mol. The van der Waals surface area contributed by atoms with Crippen molar-refractivity contribution in [2.45, 2.75) is 33.2 Å². The zero-order chi connectivity index (χ0) is 19.6. The number of hydrogen-bond donors (Lipinski definition) is 2. The molecule has 0 radical (unpaired) electrons. The Morgan fingerprint density at radius 3 is 2.59 bits per heavy atom. The van der Waals surface area contributed by atoms with Gasteiger partial charge in [-0.05, 0) is 56.5 Å². The van der Waals surface area contributed by atoms with E-state index in [1.54, 1.807) is 19.0 Å². The summed E-state index contributed by atoms with van der Waals surface area (Å²) in [4.78, 5) is 20.8. The first-order valence-corrected chi connectivity index (χ1v) is 10.1. The number of piperidine rings is 1. The van der Waals surface area contributed by atoms with Gasteiger partial charge >= 0.3 is 0 Å². The van der Waals surface area contributed by atoms with Gasteiger partial charge in [-0.25, -0.2) is 4.99 Å². The van der Waals surface area contributed by atoms with Gasteiger partial charge in [-0.1, -0.05) is 19.1 Å². The highest BCUT2D eigenvalue weighted by atomic mass is 16.2. The maximum Gasteiger partial charge on any atom is 0.253 e. The molecular formula is C21H35N5O. The Hall–Kier alpha value is -2.08. The fraction of sp³-hybridized carbons (Fsp3) is 0.619. The molecule has 0 spiro atoms. The van der Waals surface area contributed by atoms with Crippen molar-refractivity contribution < 1.29 is 4.79 Å². The first kappa shape index (κ1) is 21.2. The molecule has 1 aromatic rings. The van der Waals surface area contributed by atoms with Crippen molar-refractivity contribution in [3.8, 4) is 0 Å². The highest BCUT2D eigenvalue weighted by Gasteiger charge is 2.18. The number of likely N-dealkylation sites (tertiary alicyclic amines) is 1. The van der Waals surface area contributed by atoms with Gasteiger partial charge < -0.3 is 20.4 Å². The predicted molar refractivity (Wildman–Crippen MR) is 112 cm³/mol. The van der Waals surface area contributed by atoms with Crippen LogP contribution < -0.4 is 10.6 Å². The second-order valence-corrected chi connectivity index (χ2v) is 7.37. The minimum atomic E-state index is 0.0219. The Morgan fingerprint density at radius 2 is 1.96 bits per heavy atom. The molecule has 0 aliphatic carbocycles. The van der Waals surface area contributed by atoms with E-state index in [2.05, 4.69) is 29.4 Å². The summed E-state index contributed by atoms with van der Waals surface area (Å²) in [5.41, 5.74) is 1.80. The Morgan fingerprint density at radius 1 is 1.22 bits per heavy atom. The van der Waals surface area contributed by atoms with Crippen LogP contribution in [0.3, 0.4) is 0 Å². The summed E-state index contributed by atoms with van der Waals surface area (Å²) < 4.78 is 0. The molecule has 1 unspecified atom stereocenters. The molecule has 2 N–H and O–H groups in total. The smallest absolute Gasteiger partial charge is 0.253 e. The number of hydrogen-bond acceptors (Lipinski definition) is 3. The van der Waals surface area contributed by atoms with Crippen molar-refractivity contribution in [3.05, 3.63) is 35.4 Å². The molecule has 1 aromatic carbocycles. The van der Waals surface area contributed by atoms with Gasteiger partial charge in [0.1, 0.15) is 0 Å². The molecule has 0 aromatic heterocycles. The summed E-state index contributed by atoms with van der Waals surface area (Å²) in [5, 5.41) is 6.83. The van der Waals surface area contributed by atoms with E-state index in [4.69, 9.17) is 4.99 Å². The molecule has 0 saturated carbocycles. The van der Waals surface area contributed by atoms with Crippen LogP contribution in [-0.4, -0.2) is 68.5 Å². The van der Waals surface area contributed by atoms with Gasteiger partial charge in [0.05, 0.1) is 6.54 Å². The third kappa shape index (κ3) is 6.86. The van der Waals surface area contributed by atoms with Crippen molar-refractivity contribution in [3.63, 3.8) is 0 Å². The summed E-state index contributed by atoms with van der Waals surface area (Å²) in [6.45, 7) is 10.2. The van der Waals surface area contributed by atoms with E-state index in [1.165, 1.54) is 25.9 Å². The van der Waals surface area contributed by atoms with Crippen LogP contribution >= 0.6 is 0 Å². The van der Waals surface area contributed by atoms with Gasteiger partial charge in [-0.15, -0.1) is 0 Å². The SMILES string of the molecule is CCNC(=NCc1ccc(C(=O)N(C)C)cc1)NCC1CCCN(CC)C1. The zero-order valence-corrected chi connectivity index (χ0v) is 17.3.